The number of benzene rings is 7. The number of rotatable bonds is 7. The van der Waals surface area contributed by atoms with Crippen LogP contribution in [0.1, 0.15) is 106 Å². The molecule has 0 saturated carbocycles. The van der Waals surface area contributed by atoms with Crippen molar-refractivity contribution in [1.29, 1.82) is 0 Å². The Morgan fingerprint density at radius 2 is 1.14 bits per heavy atom. The molecule has 7 aromatic carbocycles. The summed E-state index contributed by atoms with van der Waals surface area (Å²) in [6, 6.07) is 55.2. The van der Waals surface area contributed by atoms with E-state index in [-0.39, 0.29) is 34.0 Å². The number of fused-ring (bicyclic) bond motifs is 9. The summed E-state index contributed by atoms with van der Waals surface area (Å²) in [5.74, 6) is 2.40. The van der Waals surface area contributed by atoms with Crippen LogP contribution in [0.5, 0.6) is 11.5 Å². The molecular formula is C60H56N4O. The minimum absolute atomic E-state index is 0.00364. The molecule has 1 aromatic heterocycles. The van der Waals surface area contributed by atoms with E-state index in [1.54, 1.807) is 12.1 Å². The van der Waals surface area contributed by atoms with Crippen LogP contribution >= 0.6 is 0 Å². The van der Waals surface area contributed by atoms with E-state index in [9.17, 15) is 0 Å². The van der Waals surface area contributed by atoms with Crippen molar-refractivity contribution in [2.45, 2.75) is 78.2 Å². The van der Waals surface area contributed by atoms with Crippen molar-refractivity contribution in [3.63, 3.8) is 0 Å². The first-order chi connectivity index (χ1) is 33.7. The Hall–Kier alpha value is -7.11. The van der Waals surface area contributed by atoms with Gasteiger partial charge in [-0.25, -0.2) is 4.98 Å². The summed E-state index contributed by atoms with van der Waals surface area (Å²) in [5, 5.41) is 0. The number of nitrogens with zero attached hydrogens (tertiary/aromatic N) is 4. The number of anilines is 5. The first-order valence-corrected chi connectivity index (χ1v) is 22.5. The first-order valence-electron chi connectivity index (χ1n) is 25.5. The molecule has 65 heavy (non-hydrogen) atoms. The second-order valence-electron chi connectivity index (χ2n) is 19.7. The normalized spacial score (nSPS) is 17.9. The van der Waals surface area contributed by atoms with Crippen molar-refractivity contribution in [3.8, 4) is 33.8 Å². The van der Waals surface area contributed by atoms with Gasteiger partial charge in [0.15, 0.2) is 0 Å². The van der Waals surface area contributed by atoms with Crippen molar-refractivity contribution >= 4 is 28.6 Å². The Bertz CT molecular complexity index is 3330. The van der Waals surface area contributed by atoms with Gasteiger partial charge < -0.3 is 19.4 Å². The van der Waals surface area contributed by atoms with Crippen LogP contribution in [0.2, 0.25) is 0 Å². The predicted octanol–water partition coefficient (Wildman–Crippen LogP) is 15.7. The largest absolute Gasteiger partial charge is 0.457 e. The molecule has 3 aliphatic heterocycles. The average Bonchev–Trinajstić information content (AvgIpc) is 4.00. The van der Waals surface area contributed by atoms with E-state index in [2.05, 4.69) is 165 Å². The van der Waals surface area contributed by atoms with Crippen LogP contribution in [0, 0.1) is 13.7 Å². The number of pyridine rings is 1. The molecule has 0 saturated heterocycles. The fourth-order valence-corrected chi connectivity index (χ4v) is 10.2. The standard InChI is InChI=1S/C60H56N4O/c1-38-31-39(2)33-41(32-38)48-20-14-19-47(40-23-25-42(26-24-40)59(3,4)5)56(48)63-37-62(53-21-11-12-22-54(53)63)44-15-13-16-45(35-44)65-46-27-28-51-52(36-46)58-50-18-10-9-17-49(50)57(51)64(58)55-34-43(29-30-61-55)60(6,7)8/h9-36,57-58H,37H2,1-8H3/i1D3,2D3. The fourth-order valence-electron chi connectivity index (χ4n) is 10.2. The van der Waals surface area contributed by atoms with E-state index in [1.165, 1.54) is 39.4 Å². The zero-order valence-corrected chi connectivity index (χ0v) is 37.7. The van der Waals surface area contributed by atoms with Gasteiger partial charge in [-0.1, -0.05) is 162 Å². The molecule has 0 amide bonds. The van der Waals surface area contributed by atoms with E-state index in [0.717, 1.165) is 51.0 Å². The van der Waals surface area contributed by atoms with Crippen LogP contribution in [0.25, 0.3) is 22.3 Å². The van der Waals surface area contributed by atoms with Gasteiger partial charge in [0.05, 0.1) is 29.1 Å². The predicted molar refractivity (Wildman–Crippen MR) is 270 cm³/mol. The van der Waals surface area contributed by atoms with Crippen LogP contribution < -0.4 is 19.4 Å². The molecule has 3 aliphatic rings. The molecule has 2 bridgehead atoms. The Labute approximate surface area is 393 Å². The van der Waals surface area contributed by atoms with Gasteiger partial charge in [-0.3, -0.25) is 0 Å². The van der Waals surface area contributed by atoms with Crippen molar-refractivity contribution < 1.29 is 13.0 Å². The Morgan fingerprint density at radius 1 is 0.523 bits per heavy atom. The maximum absolute atomic E-state index is 8.37. The maximum Gasteiger partial charge on any atom is 0.130 e. The van der Waals surface area contributed by atoms with Crippen molar-refractivity contribution in [1.82, 2.24) is 4.98 Å². The molecule has 0 N–H and O–H groups in total. The third kappa shape index (κ3) is 7.05. The summed E-state index contributed by atoms with van der Waals surface area (Å²) >= 11 is 0. The lowest BCUT2D eigenvalue weighted by atomic mass is 9.85. The Morgan fingerprint density at radius 3 is 1.83 bits per heavy atom. The Kier molecular flexibility index (Phi) is 8.06. The molecule has 0 fully saturated rings. The second-order valence-corrected chi connectivity index (χ2v) is 19.7. The molecule has 0 radical (unpaired) electrons. The van der Waals surface area contributed by atoms with Gasteiger partial charge in [0.1, 0.15) is 24.0 Å². The lowest BCUT2D eigenvalue weighted by molar-refractivity contribution is 0.482. The summed E-state index contributed by atoms with van der Waals surface area (Å²) in [5.41, 5.74) is 14.2. The van der Waals surface area contributed by atoms with Crippen LogP contribution in [-0.2, 0) is 10.8 Å². The highest BCUT2D eigenvalue weighted by Crippen LogP contribution is 2.58. The van der Waals surface area contributed by atoms with Gasteiger partial charge >= 0.3 is 0 Å². The minimum atomic E-state index is -2.53. The highest BCUT2D eigenvalue weighted by Gasteiger charge is 2.48. The molecule has 2 unspecified atom stereocenters. The smallest absolute Gasteiger partial charge is 0.130 e. The average molecular weight is 855 g/mol. The number of ether oxygens (including phenoxy) is 1. The monoisotopic (exact) mass is 854 g/mol. The van der Waals surface area contributed by atoms with Crippen LogP contribution in [0.4, 0.5) is 28.6 Å². The zero-order valence-electron chi connectivity index (χ0n) is 43.7. The van der Waals surface area contributed by atoms with Gasteiger partial charge in [0.25, 0.3) is 0 Å². The van der Waals surface area contributed by atoms with Crippen molar-refractivity contribution in [2.75, 3.05) is 21.4 Å². The van der Waals surface area contributed by atoms with Gasteiger partial charge in [0.2, 0.25) is 0 Å². The van der Waals surface area contributed by atoms with Crippen LogP contribution in [0.3, 0.4) is 0 Å². The topological polar surface area (TPSA) is 31.8 Å². The van der Waals surface area contributed by atoms with E-state index < -0.39 is 13.7 Å². The summed E-state index contributed by atoms with van der Waals surface area (Å²) in [6.07, 6.45) is 1.94. The number of hydrogen-bond donors (Lipinski definition) is 0. The third-order valence-corrected chi connectivity index (χ3v) is 13.4. The van der Waals surface area contributed by atoms with Gasteiger partial charge in [-0.15, -0.1) is 0 Å². The van der Waals surface area contributed by atoms with E-state index >= 15 is 0 Å². The van der Waals surface area contributed by atoms with E-state index in [0.29, 0.717) is 18.0 Å². The van der Waals surface area contributed by atoms with Crippen LogP contribution in [-0.4, -0.2) is 11.7 Å². The molecule has 4 heterocycles. The molecule has 0 aliphatic carbocycles. The molecule has 11 rings (SSSR count). The van der Waals surface area contributed by atoms with Crippen molar-refractivity contribution in [2.24, 2.45) is 0 Å². The van der Waals surface area contributed by atoms with Gasteiger partial charge in [-0.2, -0.15) is 0 Å². The zero-order chi connectivity index (χ0) is 49.8. The number of aromatic nitrogens is 1. The summed E-state index contributed by atoms with van der Waals surface area (Å²) in [7, 11) is 0. The van der Waals surface area contributed by atoms with E-state index in [4.69, 9.17) is 17.9 Å². The summed E-state index contributed by atoms with van der Waals surface area (Å²) in [4.78, 5) is 11.9. The molecular weight excluding hydrogens is 793 g/mol. The molecule has 5 nitrogen and oxygen atoms in total. The van der Waals surface area contributed by atoms with Gasteiger partial charge in [-0.05, 0) is 118 Å². The van der Waals surface area contributed by atoms with Crippen molar-refractivity contribution in [3.05, 3.63) is 214 Å². The third-order valence-electron chi connectivity index (χ3n) is 13.4. The molecule has 0 spiro atoms. The molecule has 5 heteroatoms. The summed E-state index contributed by atoms with van der Waals surface area (Å²) in [6.45, 7) is 8.64. The Balaban J connectivity index is 0.969. The molecule has 322 valence electrons. The SMILES string of the molecule is [2H]C([2H])([2H])c1cc(-c2cccc(-c3ccc(C(C)(C)C)cc3)c2N2CN(c3cccc(Oc4ccc5c(c4)C4c6ccccc6C5N4c4cc(C(C)(C)C)ccn4)c3)c3ccccc32)cc(C([2H])([2H])[2H])c1. The molecule has 8 aromatic rings. The van der Waals surface area contributed by atoms with Crippen LogP contribution in [0.15, 0.2) is 170 Å². The minimum Gasteiger partial charge on any atom is -0.457 e. The first kappa shape index (κ1) is 34.3. The highest BCUT2D eigenvalue weighted by atomic mass is 16.5. The molecule has 2 atom stereocenters. The second kappa shape index (κ2) is 15.3. The quantitative estimate of drug-likeness (QED) is 0.159. The number of para-hydroxylation sites is 3. The lowest BCUT2D eigenvalue weighted by Gasteiger charge is -2.28. The van der Waals surface area contributed by atoms with E-state index in [1.807, 2.05) is 42.6 Å². The highest BCUT2D eigenvalue weighted by molar-refractivity contribution is 5.98. The number of aryl methyl sites for hydroxylation is 2. The lowest BCUT2D eigenvalue weighted by Crippen LogP contribution is -2.25. The number of hydrogen-bond acceptors (Lipinski definition) is 5. The fraction of sp³-hybridized carbons (Fsp3) is 0.217. The van der Waals surface area contributed by atoms with Gasteiger partial charge in [0, 0.05) is 37.3 Å². The summed E-state index contributed by atoms with van der Waals surface area (Å²) < 4.78 is 57.0. The maximum atomic E-state index is 8.37.